The van der Waals surface area contributed by atoms with E-state index in [2.05, 4.69) is 42.3 Å². The minimum Gasteiger partial charge on any atom is -0.391 e. The second-order valence-corrected chi connectivity index (χ2v) is 7.51. The molecule has 3 aromatic heterocycles. The summed E-state index contributed by atoms with van der Waals surface area (Å²) < 4.78 is 1.82. The Hall–Kier alpha value is -3.30. The van der Waals surface area contributed by atoms with E-state index in [1.54, 1.807) is 0 Å². The number of hydrogen-bond acceptors (Lipinski definition) is 7. The van der Waals surface area contributed by atoms with Crippen LogP contribution in [-0.2, 0) is 13.1 Å². The highest BCUT2D eigenvalue weighted by Crippen LogP contribution is 2.28. The molecule has 5 rings (SSSR count). The molecular weight excluding hydrogens is 368 g/mol. The summed E-state index contributed by atoms with van der Waals surface area (Å²) in [5.41, 5.74) is 10.4. The van der Waals surface area contributed by atoms with Crippen LogP contribution in [0.25, 0.3) is 11.0 Å². The minimum atomic E-state index is -0.480. The van der Waals surface area contributed by atoms with Gasteiger partial charge in [0.05, 0.1) is 23.9 Å². The van der Waals surface area contributed by atoms with E-state index in [0.717, 1.165) is 22.4 Å². The maximum Gasteiger partial charge on any atom is 0.151 e. The number of fused-ring (bicyclic) bond motifs is 1. The second-order valence-electron chi connectivity index (χ2n) is 7.51. The van der Waals surface area contributed by atoms with E-state index in [0.29, 0.717) is 32.0 Å². The lowest BCUT2D eigenvalue weighted by atomic mass is 10.0. The standard InChI is InChI=1S/C20H22N8O/c21-20-19-16(22-12-23-20)6-14(24-19)8-27-9-15(18(29)11-27)17-10-28(26-25-17)7-13-4-2-1-3-5-13/h1-6,10,12,15,18,24,29H,7-9,11H2,(H2,21,22,23)/t15-,18+/m1/s1. The van der Waals surface area contributed by atoms with Gasteiger partial charge in [-0.3, -0.25) is 4.90 Å². The molecule has 2 atom stereocenters. The highest BCUT2D eigenvalue weighted by molar-refractivity contribution is 5.84. The minimum absolute atomic E-state index is 0.0613. The summed E-state index contributed by atoms with van der Waals surface area (Å²) in [5.74, 6) is 0.379. The van der Waals surface area contributed by atoms with Gasteiger partial charge in [-0.2, -0.15) is 0 Å². The Morgan fingerprint density at radius 3 is 2.83 bits per heavy atom. The smallest absolute Gasteiger partial charge is 0.151 e. The Morgan fingerprint density at radius 2 is 2.00 bits per heavy atom. The van der Waals surface area contributed by atoms with Gasteiger partial charge in [0.15, 0.2) is 5.82 Å². The van der Waals surface area contributed by atoms with Crippen LogP contribution in [0.4, 0.5) is 5.82 Å². The van der Waals surface area contributed by atoms with Gasteiger partial charge >= 0.3 is 0 Å². The van der Waals surface area contributed by atoms with Crippen LogP contribution in [0.2, 0.25) is 0 Å². The fourth-order valence-electron chi connectivity index (χ4n) is 3.96. The number of nitrogens with one attached hydrogen (secondary N) is 1. The number of benzene rings is 1. The molecule has 4 heterocycles. The van der Waals surface area contributed by atoms with Gasteiger partial charge in [-0.15, -0.1) is 5.10 Å². The number of rotatable bonds is 5. The molecule has 9 nitrogen and oxygen atoms in total. The predicted molar refractivity (Wildman–Crippen MR) is 108 cm³/mol. The third-order valence-electron chi connectivity index (χ3n) is 5.38. The van der Waals surface area contributed by atoms with Crippen molar-refractivity contribution in [2.75, 3.05) is 18.8 Å². The molecule has 0 unspecified atom stereocenters. The van der Waals surface area contributed by atoms with Crippen molar-refractivity contribution in [3.63, 3.8) is 0 Å². The topological polar surface area (TPSA) is 122 Å². The fraction of sp³-hybridized carbons (Fsp3) is 0.300. The monoisotopic (exact) mass is 390 g/mol. The first-order valence-electron chi connectivity index (χ1n) is 9.58. The van der Waals surface area contributed by atoms with E-state index in [9.17, 15) is 5.11 Å². The number of aliphatic hydroxyl groups excluding tert-OH is 1. The number of nitrogens with zero attached hydrogens (tertiary/aromatic N) is 6. The number of aromatic nitrogens is 6. The van der Waals surface area contributed by atoms with Crippen molar-refractivity contribution in [3.05, 3.63) is 65.9 Å². The van der Waals surface area contributed by atoms with Crippen LogP contribution >= 0.6 is 0 Å². The lowest BCUT2D eigenvalue weighted by Crippen LogP contribution is -2.21. The summed E-state index contributed by atoms with van der Waals surface area (Å²) >= 11 is 0. The van der Waals surface area contributed by atoms with Crippen molar-refractivity contribution in [3.8, 4) is 0 Å². The molecule has 1 fully saturated rings. The van der Waals surface area contributed by atoms with E-state index in [1.807, 2.05) is 35.1 Å². The Balaban J connectivity index is 1.27. The number of aliphatic hydroxyl groups is 1. The van der Waals surface area contributed by atoms with Crippen molar-refractivity contribution in [1.82, 2.24) is 34.8 Å². The largest absolute Gasteiger partial charge is 0.391 e. The maximum absolute atomic E-state index is 10.6. The van der Waals surface area contributed by atoms with Crippen molar-refractivity contribution >= 4 is 16.9 Å². The third kappa shape index (κ3) is 3.57. The van der Waals surface area contributed by atoms with Crippen molar-refractivity contribution < 1.29 is 5.11 Å². The Bertz CT molecular complexity index is 1120. The molecule has 0 amide bonds. The van der Waals surface area contributed by atoms with E-state index >= 15 is 0 Å². The maximum atomic E-state index is 10.6. The van der Waals surface area contributed by atoms with Crippen LogP contribution in [0.3, 0.4) is 0 Å². The van der Waals surface area contributed by atoms with Gasteiger partial charge in [0.2, 0.25) is 0 Å². The quantitative estimate of drug-likeness (QED) is 0.467. The average Bonchev–Trinajstić information content (AvgIpc) is 3.42. The van der Waals surface area contributed by atoms with Gasteiger partial charge in [-0.25, -0.2) is 14.6 Å². The van der Waals surface area contributed by atoms with Gasteiger partial charge in [0.1, 0.15) is 11.8 Å². The van der Waals surface area contributed by atoms with Crippen LogP contribution in [0.15, 0.2) is 48.9 Å². The van der Waals surface area contributed by atoms with Gasteiger partial charge in [0.25, 0.3) is 0 Å². The summed E-state index contributed by atoms with van der Waals surface area (Å²) in [4.78, 5) is 13.7. The molecular formula is C20H22N8O. The predicted octanol–water partition coefficient (Wildman–Crippen LogP) is 1.14. The number of nitrogens with two attached hydrogens (primary N) is 1. The van der Waals surface area contributed by atoms with Gasteiger partial charge in [0, 0.05) is 37.4 Å². The molecule has 0 saturated carbocycles. The van der Waals surface area contributed by atoms with E-state index in [4.69, 9.17) is 5.73 Å². The SMILES string of the molecule is Nc1ncnc2cc(CN3C[C@H](c4cn(Cc5ccccc5)nn4)[C@@H](O)C3)[nH]c12. The summed E-state index contributed by atoms with van der Waals surface area (Å²) in [6.07, 6.45) is 2.92. The van der Waals surface area contributed by atoms with E-state index in [1.165, 1.54) is 11.9 Å². The first kappa shape index (κ1) is 17.8. The third-order valence-corrected chi connectivity index (χ3v) is 5.38. The lowest BCUT2D eigenvalue weighted by Gasteiger charge is -2.13. The van der Waals surface area contributed by atoms with Crippen LogP contribution in [-0.4, -0.2) is 59.1 Å². The van der Waals surface area contributed by atoms with Crippen molar-refractivity contribution in [1.29, 1.82) is 0 Å². The van der Waals surface area contributed by atoms with Gasteiger partial charge in [-0.1, -0.05) is 35.5 Å². The number of aromatic amines is 1. The zero-order valence-corrected chi connectivity index (χ0v) is 15.8. The molecule has 1 aliphatic heterocycles. The van der Waals surface area contributed by atoms with Gasteiger partial charge in [-0.05, 0) is 11.6 Å². The average molecular weight is 390 g/mol. The summed E-state index contributed by atoms with van der Waals surface area (Å²) in [7, 11) is 0. The molecule has 0 bridgehead atoms. The van der Waals surface area contributed by atoms with E-state index < -0.39 is 6.10 Å². The molecule has 1 saturated heterocycles. The number of anilines is 1. The number of likely N-dealkylation sites (tertiary alicyclic amines) is 1. The van der Waals surface area contributed by atoms with Gasteiger partial charge < -0.3 is 15.8 Å². The molecule has 4 N–H and O–H groups in total. The number of H-pyrrole nitrogens is 1. The number of hydrogen-bond donors (Lipinski definition) is 3. The molecule has 9 heteroatoms. The van der Waals surface area contributed by atoms with Crippen LogP contribution in [0.1, 0.15) is 22.9 Å². The first-order chi connectivity index (χ1) is 14.2. The van der Waals surface area contributed by atoms with E-state index in [-0.39, 0.29) is 5.92 Å². The molecule has 0 aliphatic carbocycles. The molecule has 29 heavy (non-hydrogen) atoms. The zero-order chi connectivity index (χ0) is 19.8. The molecule has 0 radical (unpaired) electrons. The second kappa shape index (κ2) is 7.26. The van der Waals surface area contributed by atoms with Crippen LogP contribution < -0.4 is 5.73 Å². The van der Waals surface area contributed by atoms with Crippen LogP contribution in [0, 0.1) is 0 Å². The molecule has 0 spiro atoms. The summed E-state index contributed by atoms with van der Waals surface area (Å²) in [6, 6.07) is 12.1. The number of β-amino-alcohol motifs (C(OH)–C–C–N with tert-alkyl or cyclic N) is 1. The first-order valence-corrected chi connectivity index (χ1v) is 9.58. The zero-order valence-electron chi connectivity index (χ0n) is 15.8. The normalized spacial score (nSPS) is 19.9. The van der Waals surface area contributed by atoms with Crippen molar-refractivity contribution in [2.24, 2.45) is 0 Å². The molecule has 4 aromatic rings. The summed E-state index contributed by atoms with van der Waals surface area (Å²) in [6.45, 7) is 2.62. The number of nitrogen functional groups attached to an aromatic ring is 1. The Labute approximate surface area is 167 Å². The molecule has 148 valence electrons. The summed E-state index contributed by atoms with van der Waals surface area (Å²) in [5, 5.41) is 19.2. The fourth-order valence-corrected chi connectivity index (χ4v) is 3.96. The Kier molecular flexibility index (Phi) is 4.45. The molecule has 1 aromatic carbocycles. The highest BCUT2D eigenvalue weighted by atomic mass is 16.3. The highest BCUT2D eigenvalue weighted by Gasteiger charge is 2.34. The van der Waals surface area contributed by atoms with Crippen molar-refractivity contribution in [2.45, 2.75) is 25.1 Å². The molecule has 1 aliphatic rings. The van der Waals surface area contributed by atoms with Crippen LogP contribution in [0.5, 0.6) is 0 Å². The lowest BCUT2D eigenvalue weighted by molar-refractivity contribution is 0.162. The Morgan fingerprint density at radius 1 is 1.14 bits per heavy atom.